The van der Waals surface area contributed by atoms with Crippen LogP contribution in [0.15, 0.2) is 21.4 Å². The highest BCUT2D eigenvalue weighted by Crippen LogP contribution is 2.43. The van der Waals surface area contributed by atoms with Gasteiger partial charge in [-0.15, -0.1) is 10.2 Å². The molecule has 6 nitrogen and oxygen atoms in total. The molecule has 1 heterocycles. The Bertz CT molecular complexity index is 739. The zero-order valence-corrected chi connectivity index (χ0v) is 13.7. The van der Waals surface area contributed by atoms with Crippen molar-refractivity contribution in [2.75, 3.05) is 11.9 Å². The fourth-order valence-electron chi connectivity index (χ4n) is 1.55. The van der Waals surface area contributed by atoms with Crippen molar-refractivity contribution in [1.29, 1.82) is 0 Å². The Labute approximate surface area is 141 Å². The Morgan fingerprint density at radius 1 is 1.43 bits per heavy atom. The quantitative estimate of drug-likeness (QED) is 0.594. The molecular weight excluding hydrogens is 377 g/mol. The van der Waals surface area contributed by atoms with E-state index in [2.05, 4.69) is 15.5 Å². The van der Waals surface area contributed by atoms with Gasteiger partial charge in [0.2, 0.25) is 5.13 Å². The molecule has 12 heteroatoms. The molecule has 2 rings (SSSR count). The molecule has 1 N–H and O–H groups in total. The van der Waals surface area contributed by atoms with Crippen molar-refractivity contribution in [3.63, 3.8) is 0 Å². The predicted molar refractivity (Wildman–Crippen MR) is 81.3 cm³/mol. The lowest BCUT2D eigenvalue weighted by Crippen LogP contribution is -2.07. The number of aromatic nitrogens is 2. The summed E-state index contributed by atoms with van der Waals surface area (Å²) < 4.78 is 38.7. The molecule has 0 radical (unpaired) electrons. The van der Waals surface area contributed by atoms with Gasteiger partial charge in [-0.25, -0.2) is 0 Å². The van der Waals surface area contributed by atoms with Crippen LogP contribution in [0, 0.1) is 10.1 Å². The van der Waals surface area contributed by atoms with E-state index in [1.54, 1.807) is 0 Å². The Hall–Kier alpha value is -1.59. The first kappa shape index (κ1) is 17.8. The van der Waals surface area contributed by atoms with Gasteiger partial charge < -0.3 is 5.32 Å². The van der Waals surface area contributed by atoms with Crippen LogP contribution in [0.2, 0.25) is 5.02 Å². The lowest BCUT2D eigenvalue weighted by atomic mass is 10.2. The first-order valence-corrected chi connectivity index (χ1v) is 8.03. The molecule has 0 bridgehead atoms. The van der Waals surface area contributed by atoms with E-state index in [4.69, 9.17) is 11.6 Å². The summed E-state index contributed by atoms with van der Waals surface area (Å²) in [5.74, 6) is 0. The molecule has 0 spiro atoms. The summed E-state index contributed by atoms with van der Waals surface area (Å²) in [6.07, 6.45) is -4.77. The SMILES string of the molecule is CCNc1nnc(Sc2cc(Cl)c(C(F)(F)F)cc2[N+](=O)[O-])s1. The van der Waals surface area contributed by atoms with Gasteiger partial charge in [-0.2, -0.15) is 13.2 Å². The number of hydrogen-bond acceptors (Lipinski definition) is 7. The number of alkyl halides is 3. The Morgan fingerprint density at radius 2 is 2.13 bits per heavy atom. The lowest BCUT2D eigenvalue weighted by Gasteiger charge is -2.10. The maximum atomic E-state index is 12.8. The van der Waals surface area contributed by atoms with Crippen LogP contribution in [0.25, 0.3) is 0 Å². The van der Waals surface area contributed by atoms with Crippen molar-refractivity contribution in [2.45, 2.75) is 22.3 Å². The molecule has 1 aromatic carbocycles. The van der Waals surface area contributed by atoms with Crippen molar-refractivity contribution in [3.8, 4) is 0 Å². The summed E-state index contributed by atoms with van der Waals surface area (Å²) in [5, 5.41) is 21.5. The highest BCUT2D eigenvalue weighted by Gasteiger charge is 2.36. The highest BCUT2D eigenvalue weighted by atomic mass is 35.5. The third-order valence-electron chi connectivity index (χ3n) is 2.48. The van der Waals surface area contributed by atoms with Gasteiger partial charge in [0.1, 0.15) is 0 Å². The van der Waals surface area contributed by atoms with Crippen molar-refractivity contribution in [3.05, 3.63) is 32.8 Å². The topological polar surface area (TPSA) is 81.0 Å². The molecule has 0 aliphatic carbocycles. The van der Waals surface area contributed by atoms with E-state index < -0.39 is 27.4 Å². The van der Waals surface area contributed by atoms with E-state index in [-0.39, 0.29) is 4.90 Å². The van der Waals surface area contributed by atoms with E-state index >= 15 is 0 Å². The maximum Gasteiger partial charge on any atom is 0.418 e. The van der Waals surface area contributed by atoms with Crippen LogP contribution in [0.5, 0.6) is 0 Å². The molecule has 0 fully saturated rings. The molecule has 0 atom stereocenters. The number of nitro groups is 1. The molecule has 124 valence electrons. The number of benzene rings is 1. The molecular formula is C11H8ClF3N4O2S2. The normalized spacial score (nSPS) is 11.5. The second-order valence-electron chi connectivity index (χ2n) is 4.06. The first-order chi connectivity index (χ1) is 10.7. The van der Waals surface area contributed by atoms with Crippen molar-refractivity contribution in [1.82, 2.24) is 10.2 Å². The van der Waals surface area contributed by atoms with E-state index in [0.29, 0.717) is 22.1 Å². The number of nitrogens with one attached hydrogen (secondary N) is 1. The smallest absolute Gasteiger partial charge is 0.360 e. The van der Waals surface area contributed by atoms with Crippen LogP contribution in [0.3, 0.4) is 0 Å². The van der Waals surface area contributed by atoms with Crippen LogP contribution >= 0.6 is 34.7 Å². The zero-order valence-electron chi connectivity index (χ0n) is 11.3. The minimum Gasteiger partial charge on any atom is -0.360 e. The highest BCUT2D eigenvalue weighted by molar-refractivity contribution is 8.01. The fraction of sp³-hybridized carbons (Fsp3) is 0.273. The fourth-order valence-corrected chi connectivity index (χ4v) is 3.79. The maximum absolute atomic E-state index is 12.8. The number of halogens is 4. The van der Waals surface area contributed by atoms with Gasteiger partial charge in [0.25, 0.3) is 5.69 Å². The largest absolute Gasteiger partial charge is 0.418 e. The van der Waals surface area contributed by atoms with Crippen LogP contribution in [0.1, 0.15) is 12.5 Å². The van der Waals surface area contributed by atoms with E-state index in [1.807, 2.05) is 6.92 Å². The van der Waals surface area contributed by atoms with Gasteiger partial charge in [0, 0.05) is 12.6 Å². The number of nitro benzene ring substituents is 1. The molecule has 0 aliphatic rings. The van der Waals surface area contributed by atoms with E-state index in [9.17, 15) is 23.3 Å². The van der Waals surface area contributed by atoms with Crippen molar-refractivity contribution in [2.24, 2.45) is 0 Å². The molecule has 23 heavy (non-hydrogen) atoms. The standard InChI is InChI=1S/C11H8ClF3N4O2S2/c1-2-16-9-17-18-10(23-9)22-8-4-6(12)5(11(13,14)15)3-7(8)19(20)21/h3-4H,2H2,1H3,(H,16,17). The number of hydrogen-bond donors (Lipinski definition) is 1. The van der Waals surface area contributed by atoms with Crippen molar-refractivity contribution >= 4 is 45.5 Å². The van der Waals surface area contributed by atoms with Crippen LogP contribution in [-0.4, -0.2) is 21.7 Å². The lowest BCUT2D eigenvalue weighted by molar-refractivity contribution is -0.388. The molecule has 0 aliphatic heterocycles. The van der Waals surface area contributed by atoms with Gasteiger partial charge in [-0.05, 0) is 24.8 Å². The number of anilines is 1. The summed E-state index contributed by atoms with van der Waals surface area (Å²) in [6, 6.07) is 1.35. The zero-order chi connectivity index (χ0) is 17.2. The summed E-state index contributed by atoms with van der Waals surface area (Å²) in [7, 11) is 0. The summed E-state index contributed by atoms with van der Waals surface area (Å²) in [6.45, 7) is 2.47. The average Bonchev–Trinajstić information content (AvgIpc) is 2.84. The van der Waals surface area contributed by atoms with Gasteiger partial charge in [0.15, 0.2) is 4.34 Å². The summed E-state index contributed by atoms with van der Waals surface area (Å²) in [4.78, 5) is 10.1. The Morgan fingerprint density at radius 3 is 2.70 bits per heavy atom. The van der Waals surface area contributed by atoms with Gasteiger partial charge in [-0.1, -0.05) is 22.9 Å². The minimum absolute atomic E-state index is 0.0350. The molecule has 0 amide bonds. The third kappa shape index (κ3) is 4.24. The Kier molecular flexibility index (Phi) is 5.32. The number of nitrogens with zero attached hydrogens (tertiary/aromatic N) is 3. The predicted octanol–water partition coefficient (Wildman–Crippen LogP) is 4.70. The van der Waals surface area contributed by atoms with Gasteiger partial charge >= 0.3 is 6.18 Å². The monoisotopic (exact) mass is 384 g/mol. The van der Waals surface area contributed by atoms with E-state index in [1.165, 1.54) is 0 Å². The summed E-state index contributed by atoms with van der Waals surface area (Å²) in [5.41, 5.74) is -1.94. The van der Waals surface area contributed by atoms with Gasteiger partial charge in [0.05, 0.1) is 20.4 Å². The molecule has 0 unspecified atom stereocenters. The Balaban J connectivity index is 2.40. The average molecular weight is 385 g/mol. The molecule has 0 saturated heterocycles. The van der Waals surface area contributed by atoms with E-state index in [0.717, 1.165) is 29.2 Å². The number of rotatable bonds is 5. The van der Waals surface area contributed by atoms with Crippen LogP contribution in [-0.2, 0) is 6.18 Å². The van der Waals surface area contributed by atoms with Crippen LogP contribution in [0.4, 0.5) is 24.0 Å². The molecule has 1 aromatic heterocycles. The minimum atomic E-state index is -4.77. The van der Waals surface area contributed by atoms with Crippen molar-refractivity contribution < 1.29 is 18.1 Å². The van der Waals surface area contributed by atoms with Crippen LogP contribution < -0.4 is 5.32 Å². The second-order valence-corrected chi connectivity index (χ2v) is 6.73. The first-order valence-electron chi connectivity index (χ1n) is 6.02. The molecule has 0 saturated carbocycles. The third-order valence-corrected chi connectivity index (χ3v) is 4.77. The summed E-state index contributed by atoms with van der Waals surface area (Å²) >= 11 is 7.58. The second kappa shape index (κ2) is 6.89. The molecule has 2 aromatic rings. The van der Waals surface area contributed by atoms with Gasteiger partial charge in [-0.3, -0.25) is 10.1 Å².